The lowest BCUT2D eigenvalue weighted by Gasteiger charge is -2.34. The van der Waals surface area contributed by atoms with Crippen LogP contribution in [-0.4, -0.2) is 47.2 Å². The Labute approximate surface area is 158 Å². The van der Waals surface area contributed by atoms with Crippen LogP contribution in [0.4, 0.5) is 10.4 Å². The normalized spacial score (nSPS) is 18.6. The lowest BCUT2D eigenvalue weighted by molar-refractivity contribution is -0.132. The van der Waals surface area contributed by atoms with E-state index in [1.807, 2.05) is 21.9 Å². The second kappa shape index (κ2) is 7.29. The monoisotopic (exact) mass is 372 g/mol. The number of rotatable bonds is 5. The zero-order valence-electron chi connectivity index (χ0n) is 15.8. The maximum Gasteiger partial charge on any atom is 0.318 e. The highest BCUT2D eigenvalue weighted by molar-refractivity contribution is 5.77. The van der Waals surface area contributed by atoms with Gasteiger partial charge < -0.3 is 14.2 Å². The molecule has 1 saturated heterocycles. The van der Waals surface area contributed by atoms with Crippen molar-refractivity contribution in [3.8, 4) is 0 Å². The van der Waals surface area contributed by atoms with Crippen LogP contribution in [0.3, 0.4) is 0 Å². The number of nitrogens with zero attached hydrogens (tertiary/aromatic N) is 4. The third-order valence-corrected chi connectivity index (χ3v) is 5.61. The van der Waals surface area contributed by atoms with Crippen LogP contribution < -0.4 is 4.90 Å². The minimum Gasteiger partial charge on any atom is -0.408 e. The van der Waals surface area contributed by atoms with Gasteiger partial charge in [0.1, 0.15) is 5.82 Å². The molecule has 0 radical (unpaired) electrons. The van der Waals surface area contributed by atoms with Crippen LogP contribution in [0.5, 0.6) is 0 Å². The summed E-state index contributed by atoms with van der Waals surface area (Å²) in [6, 6.07) is 5.79. The highest BCUT2D eigenvalue weighted by Crippen LogP contribution is 2.45. The number of amides is 1. The molecule has 0 N–H and O–H groups in total. The second-order valence-corrected chi connectivity index (χ2v) is 7.63. The average Bonchev–Trinajstić information content (AvgIpc) is 3.42. The Hall–Kier alpha value is -2.44. The van der Waals surface area contributed by atoms with Gasteiger partial charge in [-0.2, -0.15) is 0 Å². The molecule has 2 heterocycles. The van der Waals surface area contributed by atoms with E-state index in [-0.39, 0.29) is 17.6 Å². The van der Waals surface area contributed by atoms with Gasteiger partial charge in [-0.1, -0.05) is 17.2 Å². The van der Waals surface area contributed by atoms with Crippen LogP contribution in [0.15, 0.2) is 22.6 Å². The Morgan fingerprint density at radius 2 is 1.96 bits per heavy atom. The molecule has 1 aromatic heterocycles. The van der Waals surface area contributed by atoms with E-state index >= 15 is 0 Å². The summed E-state index contributed by atoms with van der Waals surface area (Å²) in [5.74, 6) is 1.27. The van der Waals surface area contributed by atoms with Crippen molar-refractivity contribution in [2.75, 3.05) is 31.1 Å². The van der Waals surface area contributed by atoms with E-state index in [0.29, 0.717) is 56.0 Å². The van der Waals surface area contributed by atoms with Gasteiger partial charge in [0, 0.05) is 39.5 Å². The van der Waals surface area contributed by atoms with Crippen molar-refractivity contribution in [2.24, 2.45) is 5.92 Å². The molecule has 0 spiro atoms. The number of aryl methyl sites for hydroxylation is 2. The minimum atomic E-state index is -0.188. The number of carbonyl (C=O) groups excluding carboxylic acids is 1. The Kier molecular flexibility index (Phi) is 4.85. The third kappa shape index (κ3) is 3.96. The number of hydrogen-bond donors (Lipinski definition) is 0. The summed E-state index contributed by atoms with van der Waals surface area (Å²) in [4.78, 5) is 16.8. The van der Waals surface area contributed by atoms with Crippen LogP contribution in [-0.2, 0) is 4.79 Å². The fourth-order valence-corrected chi connectivity index (χ4v) is 3.83. The lowest BCUT2D eigenvalue weighted by Crippen LogP contribution is -2.49. The molecule has 1 atom stereocenters. The fourth-order valence-electron chi connectivity index (χ4n) is 3.83. The first kappa shape index (κ1) is 17.9. The third-order valence-electron chi connectivity index (χ3n) is 5.61. The molecule has 1 saturated carbocycles. The summed E-state index contributed by atoms with van der Waals surface area (Å²) in [6.07, 6.45) is 2.80. The first-order valence-electron chi connectivity index (χ1n) is 9.60. The van der Waals surface area contributed by atoms with E-state index in [2.05, 4.69) is 10.2 Å². The minimum absolute atomic E-state index is 0.176. The van der Waals surface area contributed by atoms with E-state index < -0.39 is 0 Å². The highest BCUT2D eigenvalue weighted by atomic mass is 19.1. The van der Waals surface area contributed by atoms with E-state index in [9.17, 15) is 9.18 Å². The van der Waals surface area contributed by atoms with Gasteiger partial charge in [0.15, 0.2) is 0 Å². The molecule has 2 fully saturated rings. The molecule has 144 valence electrons. The standard InChI is InChI=1S/C20H25FN4O2/c1-13-11-16(5-6-18(13)21)17(15-3-4-15)12-19(26)24-7-9-25(10-8-24)20-23-22-14(2)27-20/h5-6,11,15,17H,3-4,7-10,12H2,1-2H3. The van der Waals surface area contributed by atoms with Crippen molar-refractivity contribution in [1.82, 2.24) is 15.1 Å². The molecular weight excluding hydrogens is 347 g/mol. The van der Waals surface area contributed by atoms with E-state index in [4.69, 9.17) is 4.42 Å². The van der Waals surface area contributed by atoms with E-state index in [1.54, 1.807) is 13.8 Å². The van der Waals surface area contributed by atoms with Gasteiger partial charge in [0.25, 0.3) is 0 Å². The number of piperazine rings is 1. The molecule has 27 heavy (non-hydrogen) atoms. The molecule has 1 aliphatic heterocycles. The summed E-state index contributed by atoms with van der Waals surface area (Å²) in [5, 5.41) is 7.91. The van der Waals surface area contributed by atoms with E-state index in [1.165, 1.54) is 6.07 Å². The molecule has 4 rings (SSSR count). The zero-order chi connectivity index (χ0) is 19.0. The van der Waals surface area contributed by atoms with Crippen LogP contribution in [0, 0.1) is 25.6 Å². The Bertz CT molecular complexity index is 825. The van der Waals surface area contributed by atoms with Crippen molar-refractivity contribution >= 4 is 11.9 Å². The molecule has 6 nitrogen and oxygen atoms in total. The van der Waals surface area contributed by atoms with Gasteiger partial charge in [-0.25, -0.2) is 4.39 Å². The van der Waals surface area contributed by atoms with Gasteiger partial charge in [-0.15, -0.1) is 5.10 Å². The van der Waals surface area contributed by atoms with Crippen LogP contribution in [0.25, 0.3) is 0 Å². The fraction of sp³-hybridized carbons (Fsp3) is 0.550. The highest BCUT2D eigenvalue weighted by Gasteiger charge is 2.35. The van der Waals surface area contributed by atoms with Crippen molar-refractivity contribution in [2.45, 2.75) is 39.0 Å². The van der Waals surface area contributed by atoms with Gasteiger partial charge >= 0.3 is 6.01 Å². The second-order valence-electron chi connectivity index (χ2n) is 7.63. The molecule has 1 aliphatic carbocycles. The molecule has 1 amide bonds. The summed E-state index contributed by atoms with van der Waals surface area (Å²) in [5.41, 5.74) is 1.73. The van der Waals surface area contributed by atoms with Crippen LogP contribution in [0.2, 0.25) is 0 Å². The molecule has 7 heteroatoms. The van der Waals surface area contributed by atoms with Gasteiger partial charge in [-0.05, 0) is 48.8 Å². The average molecular weight is 372 g/mol. The van der Waals surface area contributed by atoms with Gasteiger partial charge in [0.2, 0.25) is 11.8 Å². The molecule has 1 unspecified atom stereocenters. The van der Waals surface area contributed by atoms with Crippen LogP contribution in [0.1, 0.15) is 42.2 Å². The molecular formula is C20H25FN4O2. The topological polar surface area (TPSA) is 62.5 Å². The Morgan fingerprint density at radius 3 is 2.56 bits per heavy atom. The van der Waals surface area contributed by atoms with Gasteiger partial charge in [0.05, 0.1) is 0 Å². The summed E-state index contributed by atoms with van der Waals surface area (Å²) in [6.45, 7) is 6.24. The lowest BCUT2D eigenvalue weighted by atomic mass is 9.89. The predicted molar refractivity (Wildman–Crippen MR) is 99.0 cm³/mol. The first-order chi connectivity index (χ1) is 13.0. The predicted octanol–water partition coefficient (Wildman–Crippen LogP) is 3.06. The van der Waals surface area contributed by atoms with Crippen molar-refractivity contribution in [3.05, 3.63) is 41.0 Å². The number of carbonyl (C=O) groups is 1. The van der Waals surface area contributed by atoms with Crippen LogP contribution >= 0.6 is 0 Å². The SMILES string of the molecule is Cc1nnc(N2CCN(C(=O)CC(c3ccc(F)c(C)c3)C3CC3)CC2)o1. The van der Waals surface area contributed by atoms with E-state index in [0.717, 1.165) is 18.4 Å². The smallest absolute Gasteiger partial charge is 0.318 e. The maximum absolute atomic E-state index is 13.6. The largest absolute Gasteiger partial charge is 0.408 e. The summed E-state index contributed by atoms with van der Waals surface area (Å²) < 4.78 is 19.1. The number of anilines is 1. The number of aromatic nitrogens is 2. The quantitative estimate of drug-likeness (QED) is 0.807. The maximum atomic E-state index is 13.6. The molecule has 2 aliphatic rings. The molecule has 0 bridgehead atoms. The number of hydrogen-bond acceptors (Lipinski definition) is 5. The van der Waals surface area contributed by atoms with Crippen molar-refractivity contribution < 1.29 is 13.6 Å². The first-order valence-corrected chi connectivity index (χ1v) is 9.60. The summed E-state index contributed by atoms with van der Waals surface area (Å²) in [7, 11) is 0. The molecule has 1 aromatic carbocycles. The Balaban J connectivity index is 1.38. The van der Waals surface area contributed by atoms with Gasteiger partial charge in [-0.3, -0.25) is 4.79 Å². The summed E-state index contributed by atoms with van der Waals surface area (Å²) >= 11 is 0. The number of halogens is 1. The van der Waals surface area contributed by atoms with Crippen molar-refractivity contribution in [1.29, 1.82) is 0 Å². The Morgan fingerprint density at radius 1 is 1.22 bits per heavy atom. The number of benzene rings is 1. The zero-order valence-corrected chi connectivity index (χ0v) is 15.8. The van der Waals surface area contributed by atoms with Crippen molar-refractivity contribution in [3.63, 3.8) is 0 Å². The molecule has 2 aromatic rings.